The van der Waals surface area contributed by atoms with Crippen LogP contribution in [0.15, 0.2) is 35.2 Å². The first kappa shape index (κ1) is 19.3. The molecule has 2 aromatic rings. The van der Waals surface area contributed by atoms with Crippen LogP contribution in [-0.2, 0) is 4.79 Å². The zero-order chi connectivity index (χ0) is 19.1. The molecule has 0 aliphatic heterocycles. The van der Waals surface area contributed by atoms with E-state index in [0.29, 0.717) is 25.0 Å². The van der Waals surface area contributed by atoms with E-state index in [9.17, 15) is 9.59 Å². The summed E-state index contributed by atoms with van der Waals surface area (Å²) in [6.07, 6.45) is 2.94. The molecule has 0 spiro atoms. The summed E-state index contributed by atoms with van der Waals surface area (Å²) in [6, 6.07) is 5.22. The Morgan fingerprint density at radius 3 is 2.77 bits per heavy atom. The molecule has 2 rings (SSSR count). The lowest BCUT2D eigenvalue weighted by Crippen LogP contribution is -2.36. The SMILES string of the molecule is CC(CNc1ccc(-c2cnco2)c(N(C)C)c1)CC(C=O)NC(=O)O. The van der Waals surface area contributed by atoms with Gasteiger partial charge in [-0.25, -0.2) is 9.78 Å². The number of nitrogens with zero attached hydrogens (tertiary/aromatic N) is 2. The molecule has 8 heteroatoms. The fourth-order valence-corrected chi connectivity index (χ4v) is 2.68. The summed E-state index contributed by atoms with van der Waals surface area (Å²) in [5.41, 5.74) is 2.85. The summed E-state index contributed by atoms with van der Waals surface area (Å²) in [5.74, 6) is 0.802. The molecule has 0 aliphatic carbocycles. The minimum absolute atomic E-state index is 0.105. The van der Waals surface area contributed by atoms with Crippen LogP contribution in [0.1, 0.15) is 13.3 Å². The second-order valence-corrected chi connectivity index (χ2v) is 6.41. The average Bonchev–Trinajstić information content (AvgIpc) is 3.13. The van der Waals surface area contributed by atoms with Crippen LogP contribution >= 0.6 is 0 Å². The highest BCUT2D eigenvalue weighted by atomic mass is 16.4. The number of carbonyl (C=O) groups excluding carboxylic acids is 1. The Kier molecular flexibility index (Phi) is 6.60. The number of carbonyl (C=O) groups is 2. The van der Waals surface area contributed by atoms with Crippen molar-refractivity contribution in [2.45, 2.75) is 19.4 Å². The van der Waals surface area contributed by atoms with Gasteiger partial charge in [0.2, 0.25) is 0 Å². The molecule has 0 bridgehead atoms. The largest absolute Gasteiger partial charge is 0.465 e. The normalized spacial score (nSPS) is 12.9. The van der Waals surface area contributed by atoms with Gasteiger partial charge in [0, 0.05) is 37.6 Å². The number of amides is 1. The second kappa shape index (κ2) is 8.89. The van der Waals surface area contributed by atoms with Crippen LogP contribution in [0.3, 0.4) is 0 Å². The molecule has 1 heterocycles. The molecule has 2 atom stereocenters. The van der Waals surface area contributed by atoms with E-state index in [1.807, 2.05) is 44.1 Å². The minimum Gasteiger partial charge on any atom is -0.465 e. The van der Waals surface area contributed by atoms with Crippen molar-refractivity contribution in [1.82, 2.24) is 10.3 Å². The molecule has 140 valence electrons. The van der Waals surface area contributed by atoms with Crippen molar-refractivity contribution in [1.29, 1.82) is 0 Å². The van der Waals surface area contributed by atoms with Crippen molar-refractivity contribution in [2.24, 2.45) is 5.92 Å². The van der Waals surface area contributed by atoms with E-state index in [1.165, 1.54) is 6.39 Å². The van der Waals surface area contributed by atoms with Crippen LogP contribution in [0.25, 0.3) is 11.3 Å². The zero-order valence-corrected chi connectivity index (χ0v) is 15.1. The molecule has 1 aromatic carbocycles. The van der Waals surface area contributed by atoms with E-state index in [4.69, 9.17) is 9.52 Å². The Balaban J connectivity index is 2.02. The third-order valence-electron chi connectivity index (χ3n) is 3.96. The summed E-state index contributed by atoms with van der Waals surface area (Å²) in [6.45, 7) is 2.57. The van der Waals surface area contributed by atoms with Crippen LogP contribution in [-0.4, -0.2) is 49.2 Å². The summed E-state index contributed by atoms with van der Waals surface area (Å²) >= 11 is 0. The fraction of sp³-hybridized carbons (Fsp3) is 0.389. The van der Waals surface area contributed by atoms with Crippen molar-refractivity contribution in [3.8, 4) is 11.3 Å². The van der Waals surface area contributed by atoms with Gasteiger partial charge in [-0.1, -0.05) is 6.92 Å². The number of aldehydes is 1. The fourth-order valence-electron chi connectivity index (χ4n) is 2.68. The lowest BCUT2D eigenvalue weighted by atomic mass is 10.0. The summed E-state index contributed by atoms with van der Waals surface area (Å²) in [7, 11) is 3.90. The molecule has 3 N–H and O–H groups in total. The van der Waals surface area contributed by atoms with E-state index >= 15 is 0 Å². The lowest BCUT2D eigenvalue weighted by molar-refractivity contribution is -0.109. The van der Waals surface area contributed by atoms with Crippen molar-refractivity contribution in [3.05, 3.63) is 30.8 Å². The van der Waals surface area contributed by atoms with Gasteiger partial charge < -0.3 is 29.9 Å². The van der Waals surface area contributed by atoms with E-state index in [1.54, 1.807) is 6.20 Å². The Bertz CT molecular complexity index is 731. The van der Waals surface area contributed by atoms with Crippen molar-refractivity contribution in [2.75, 3.05) is 30.9 Å². The smallest absolute Gasteiger partial charge is 0.405 e. The van der Waals surface area contributed by atoms with Gasteiger partial charge in [0.15, 0.2) is 12.2 Å². The number of oxazole rings is 1. The Hall–Kier alpha value is -3.03. The van der Waals surface area contributed by atoms with Crippen LogP contribution < -0.4 is 15.5 Å². The summed E-state index contributed by atoms with van der Waals surface area (Å²) in [5, 5.41) is 14.3. The van der Waals surface area contributed by atoms with Gasteiger partial charge in [0.1, 0.15) is 6.29 Å². The lowest BCUT2D eigenvalue weighted by Gasteiger charge is -2.20. The molecule has 8 nitrogen and oxygen atoms in total. The monoisotopic (exact) mass is 360 g/mol. The minimum atomic E-state index is -1.19. The van der Waals surface area contributed by atoms with Crippen LogP contribution in [0, 0.1) is 5.92 Å². The van der Waals surface area contributed by atoms with Crippen LogP contribution in [0.4, 0.5) is 16.2 Å². The first-order chi connectivity index (χ1) is 12.4. The molecule has 2 unspecified atom stereocenters. The zero-order valence-electron chi connectivity index (χ0n) is 15.1. The van der Waals surface area contributed by atoms with Gasteiger partial charge in [-0.05, 0) is 30.5 Å². The number of nitrogens with one attached hydrogen (secondary N) is 2. The molecule has 0 radical (unpaired) electrons. The highest BCUT2D eigenvalue weighted by Gasteiger charge is 2.15. The summed E-state index contributed by atoms with van der Waals surface area (Å²) < 4.78 is 5.39. The van der Waals surface area contributed by atoms with Gasteiger partial charge >= 0.3 is 6.09 Å². The molecule has 1 amide bonds. The maximum atomic E-state index is 11.0. The number of hydrogen-bond acceptors (Lipinski definition) is 6. The Labute approximate surface area is 152 Å². The van der Waals surface area contributed by atoms with Crippen molar-refractivity contribution >= 4 is 23.8 Å². The quantitative estimate of drug-likeness (QED) is 0.590. The Morgan fingerprint density at radius 2 is 2.19 bits per heavy atom. The number of carboxylic acid groups (broad SMARTS) is 1. The number of aromatic nitrogens is 1. The van der Waals surface area contributed by atoms with Gasteiger partial charge in [-0.15, -0.1) is 0 Å². The second-order valence-electron chi connectivity index (χ2n) is 6.41. The molecular formula is C18H24N4O4. The third-order valence-corrected chi connectivity index (χ3v) is 3.96. The number of rotatable bonds is 9. The van der Waals surface area contributed by atoms with Crippen molar-refractivity contribution < 1.29 is 19.1 Å². The predicted molar refractivity (Wildman–Crippen MR) is 99.5 cm³/mol. The highest BCUT2D eigenvalue weighted by Crippen LogP contribution is 2.32. The van der Waals surface area contributed by atoms with Gasteiger partial charge in [0.05, 0.1) is 12.2 Å². The van der Waals surface area contributed by atoms with E-state index < -0.39 is 12.1 Å². The number of anilines is 2. The first-order valence-electron chi connectivity index (χ1n) is 8.29. The molecule has 0 saturated heterocycles. The van der Waals surface area contributed by atoms with E-state index in [0.717, 1.165) is 16.9 Å². The average molecular weight is 360 g/mol. The van der Waals surface area contributed by atoms with Gasteiger partial charge in [0.25, 0.3) is 0 Å². The van der Waals surface area contributed by atoms with Gasteiger partial charge in [-0.2, -0.15) is 0 Å². The van der Waals surface area contributed by atoms with Gasteiger partial charge in [-0.3, -0.25) is 0 Å². The maximum Gasteiger partial charge on any atom is 0.405 e. The number of hydrogen-bond donors (Lipinski definition) is 3. The summed E-state index contributed by atoms with van der Waals surface area (Å²) in [4.78, 5) is 27.6. The van der Waals surface area contributed by atoms with E-state index in [-0.39, 0.29) is 5.92 Å². The highest BCUT2D eigenvalue weighted by molar-refractivity contribution is 5.78. The topological polar surface area (TPSA) is 108 Å². The molecule has 0 fully saturated rings. The van der Waals surface area contributed by atoms with Crippen LogP contribution in [0.2, 0.25) is 0 Å². The van der Waals surface area contributed by atoms with Crippen molar-refractivity contribution in [3.63, 3.8) is 0 Å². The predicted octanol–water partition coefficient (Wildman–Crippen LogP) is 2.68. The van der Waals surface area contributed by atoms with E-state index in [2.05, 4.69) is 15.6 Å². The first-order valence-corrected chi connectivity index (χ1v) is 8.29. The third kappa shape index (κ3) is 5.23. The molecular weight excluding hydrogens is 336 g/mol. The molecule has 0 saturated carbocycles. The molecule has 1 aromatic heterocycles. The molecule has 0 aliphatic rings. The molecule has 26 heavy (non-hydrogen) atoms. The Morgan fingerprint density at radius 1 is 1.42 bits per heavy atom. The maximum absolute atomic E-state index is 11.0. The number of benzene rings is 1. The van der Waals surface area contributed by atoms with Crippen LogP contribution in [0.5, 0.6) is 0 Å². The standard InChI is InChI=1S/C18H24N4O4/c1-12(6-14(10-23)21-18(24)25)8-20-13-4-5-15(16(7-13)22(2)3)17-9-19-11-26-17/h4-5,7,9-12,14,20-21H,6,8H2,1-3H3,(H,24,25).